The smallest absolute Gasteiger partial charge is 0.246 e. The largest absolute Gasteiger partial charge is 0.343 e. The van der Waals surface area contributed by atoms with E-state index in [0.29, 0.717) is 19.3 Å². The molecule has 2 amide bonds. The lowest BCUT2D eigenvalue weighted by Crippen LogP contribution is -2.55. The molecule has 158 valence electrons. The van der Waals surface area contributed by atoms with Gasteiger partial charge in [0.1, 0.15) is 12.3 Å². The maximum absolute atomic E-state index is 13.5. The molecular formula is C24H28N2O3S. The van der Waals surface area contributed by atoms with Gasteiger partial charge < -0.3 is 15.0 Å². The molecule has 1 N–H and O–H groups in total. The first kappa shape index (κ1) is 20.9. The van der Waals surface area contributed by atoms with Crippen molar-refractivity contribution in [1.82, 2.24) is 10.2 Å². The quantitative estimate of drug-likeness (QED) is 0.564. The first-order valence-corrected chi connectivity index (χ1v) is 11.3. The van der Waals surface area contributed by atoms with E-state index in [4.69, 9.17) is 0 Å². The zero-order valence-electron chi connectivity index (χ0n) is 16.9. The zero-order chi connectivity index (χ0) is 21.1. The Labute approximate surface area is 183 Å². The van der Waals surface area contributed by atoms with E-state index >= 15 is 0 Å². The highest BCUT2D eigenvalue weighted by Crippen LogP contribution is 2.38. The average Bonchev–Trinajstić information content (AvgIpc) is 2.89. The van der Waals surface area contributed by atoms with Crippen LogP contribution in [0.2, 0.25) is 0 Å². The molecule has 1 aliphatic carbocycles. The summed E-state index contributed by atoms with van der Waals surface area (Å²) in [5.74, 6) is -0.114. The Morgan fingerprint density at radius 3 is 2.87 bits per heavy atom. The van der Waals surface area contributed by atoms with Gasteiger partial charge in [-0.2, -0.15) is 12.6 Å². The molecule has 0 radical (unpaired) electrons. The maximum atomic E-state index is 13.5. The number of rotatable bonds is 5. The summed E-state index contributed by atoms with van der Waals surface area (Å²) in [6, 6.07) is 6.77. The number of hydrogen-bond acceptors (Lipinski definition) is 4. The van der Waals surface area contributed by atoms with Crippen LogP contribution in [0.5, 0.6) is 0 Å². The van der Waals surface area contributed by atoms with Gasteiger partial charge in [-0.25, -0.2) is 0 Å². The minimum Gasteiger partial charge on any atom is -0.343 e. The third-order valence-electron chi connectivity index (χ3n) is 6.43. The monoisotopic (exact) mass is 424 g/mol. The molecule has 0 aromatic heterocycles. The molecule has 2 aliphatic heterocycles. The molecule has 5 nitrogen and oxygen atoms in total. The molecule has 1 saturated heterocycles. The SMILES string of the molecule is O=C[C@@H]1CCCC2c3ccccc3C[C@H](NC(=O)[C@@H](S)CC3C=CC=CC3)C(=O)N21. The van der Waals surface area contributed by atoms with Gasteiger partial charge in [0.05, 0.1) is 17.3 Å². The highest BCUT2D eigenvalue weighted by molar-refractivity contribution is 7.81. The molecule has 4 rings (SSSR count). The highest BCUT2D eigenvalue weighted by Gasteiger charge is 2.42. The van der Waals surface area contributed by atoms with Gasteiger partial charge >= 0.3 is 0 Å². The van der Waals surface area contributed by atoms with E-state index in [1.165, 1.54) is 0 Å². The van der Waals surface area contributed by atoms with Crippen LogP contribution in [0.3, 0.4) is 0 Å². The maximum Gasteiger partial charge on any atom is 0.246 e. The number of hydrogen-bond donors (Lipinski definition) is 2. The second-order valence-corrected chi connectivity index (χ2v) is 9.04. The van der Waals surface area contributed by atoms with Gasteiger partial charge in [0.2, 0.25) is 11.8 Å². The number of nitrogens with one attached hydrogen (secondary N) is 1. The molecule has 1 aromatic carbocycles. The van der Waals surface area contributed by atoms with E-state index in [1.807, 2.05) is 36.4 Å². The lowest BCUT2D eigenvalue weighted by atomic mass is 9.89. The van der Waals surface area contributed by atoms with Crippen LogP contribution in [0.1, 0.15) is 49.3 Å². The van der Waals surface area contributed by atoms with Crippen LogP contribution in [0, 0.1) is 5.92 Å². The predicted molar refractivity (Wildman–Crippen MR) is 119 cm³/mol. The van der Waals surface area contributed by atoms with Crippen molar-refractivity contribution in [3.63, 3.8) is 0 Å². The fourth-order valence-corrected chi connectivity index (χ4v) is 5.24. The molecule has 6 heteroatoms. The summed E-state index contributed by atoms with van der Waals surface area (Å²) in [6.45, 7) is 0. The van der Waals surface area contributed by atoms with Gasteiger partial charge in [0.15, 0.2) is 0 Å². The predicted octanol–water partition coefficient (Wildman–Crippen LogP) is 3.17. The second-order valence-electron chi connectivity index (χ2n) is 8.42. The summed E-state index contributed by atoms with van der Waals surface area (Å²) >= 11 is 4.52. The van der Waals surface area contributed by atoms with E-state index in [0.717, 1.165) is 36.7 Å². The Bertz CT molecular complexity index is 881. The van der Waals surface area contributed by atoms with Crippen LogP contribution in [-0.2, 0) is 20.8 Å². The van der Waals surface area contributed by atoms with Crippen molar-refractivity contribution in [2.24, 2.45) is 5.92 Å². The van der Waals surface area contributed by atoms with Gasteiger partial charge in [-0.05, 0) is 49.1 Å². The fraction of sp³-hybridized carbons (Fsp3) is 0.458. The third kappa shape index (κ3) is 4.24. The molecule has 0 saturated carbocycles. The summed E-state index contributed by atoms with van der Waals surface area (Å²) in [5.41, 5.74) is 2.15. The van der Waals surface area contributed by atoms with Crippen molar-refractivity contribution in [3.8, 4) is 0 Å². The van der Waals surface area contributed by atoms with Crippen molar-refractivity contribution in [3.05, 3.63) is 59.7 Å². The molecular weight excluding hydrogens is 396 g/mol. The Hall–Kier alpha value is -2.34. The molecule has 0 bridgehead atoms. The number of allylic oxidation sites excluding steroid dienone is 4. The van der Waals surface area contributed by atoms with Gasteiger partial charge in [0, 0.05) is 6.42 Å². The number of amides is 2. The van der Waals surface area contributed by atoms with E-state index < -0.39 is 17.3 Å². The molecule has 5 atom stereocenters. The summed E-state index contributed by atoms with van der Waals surface area (Å²) in [7, 11) is 0. The molecule has 2 heterocycles. The molecule has 1 aromatic rings. The van der Waals surface area contributed by atoms with Gasteiger partial charge in [-0.15, -0.1) is 0 Å². The van der Waals surface area contributed by atoms with E-state index in [9.17, 15) is 14.4 Å². The average molecular weight is 425 g/mol. The standard InChI is InChI=1S/C24H28N2O3S/c27-15-18-10-6-12-21-19-11-5-4-9-17(19)14-20(24(29)26(18)21)25-23(28)22(30)13-16-7-2-1-3-8-16/h1-5,7,9,11,15-16,18,20-22,30H,6,8,10,12-14H2,(H,25,28)/t16?,18-,20-,21?,22-/m0/s1. The summed E-state index contributed by atoms with van der Waals surface area (Å²) < 4.78 is 0. The number of thiol groups is 1. The number of benzene rings is 1. The molecule has 0 spiro atoms. The van der Waals surface area contributed by atoms with Crippen molar-refractivity contribution in [2.45, 2.75) is 61.9 Å². The van der Waals surface area contributed by atoms with Gasteiger partial charge in [-0.1, -0.05) is 48.6 Å². The van der Waals surface area contributed by atoms with Crippen molar-refractivity contribution in [1.29, 1.82) is 0 Å². The number of nitrogens with zero attached hydrogens (tertiary/aromatic N) is 1. The number of piperidine rings is 1. The Kier molecular flexibility index (Phi) is 6.42. The number of carbonyl (C=O) groups is 3. The normalized spacial score (nSPS) is 28.8. The first-order valence-electron chi connectivity index (χ1n) is 10.8. The number of fused-ring (bicyclic) bond motifs is 3. The van der Waals surface area contributed by atoms with Crippen molar-refractivity contribution in [2.75, 3.05) is 0 Å². The van der Waals surface area contributed by atoms with Crippen LogP contribution in [0.4, 0.5) is 0 Å². The number of aldehydes is 1. The topological polar surface area (TPSA) is 66.5 Å². The van der Waals surface area contributed by atoms with Crippen LogP contribution in [0.25, 0.3) is 0 Å². The Morgan fingerprint density at radius 1 is 1.27 bits per heavy atom. The van der Waals surface area contributed by atoms with Crippen LogP contribution in [-0.4, -0.2) is 40.3 Å². The Morgan fingerprint density at radius 2 is 2.10 bits per heavy atom. The third-order valence-corrected chi connectivity index (χ3v) is 6.88. The molecule has 1 fully saturated rings. The summed E-state index contributed by atoms with van der Waals surface area (Å²) in [4.78, 5) is 39.8. The lowest BCUT2D eigenvalue weighted by Gasteiger charge is -2.40. The van der Waals surface area contributed by atoms with Crippen LogP contribution < -0.4 is 5.32 Å². The summed E-state index contributed by atoms with van der Waals surface area (Å²) in [6.07, 6.45) is 13.4. The Balaban J connectivity index is 1.54. The zero-order valence-corrected chi connectivity index (χ0v) is 17.8. The highest BCUT2D eigenvalue weighted by atomic mass is 32.1. The van der Waals surface area contributed by atoms with E-state index in [2.05, 4.69) is 30.1 Å². The van der Waals surface area contributed by atoms with Crippen LogP contribution >= 0.6 is 12.6 Å². The molecule has 2 unspecified atom stereocenters. The minimum atomic E-state index is -0.680. The number of carbonyl (C=O) groups excluding carboxylic acids is 3. The first-order chi connectivity index (χ1) is 14.6. The van der Waals surface area contributed by atoms with E-state index in [-0.39, 0.29) is 23.8 Å². The second kappa shape index (κ2) is 9.21. The lowest BCUT2D eigenvalue weighted by molar-refractivity contribution is -0.144. The van der Waals surface area contributed by atoms with Crippen molar-refractivity contribution < 1.29 is 14.4 Å². The van der Waals surface area contributed by atoms with Gasteiger partial charge in [0.25, 0.3) is 0 Å². The van der Waals surface area contributed by atoms with E-state index in [1.54, 1.807) is 4.90 Å². The fourth-order valence-electron chi connectivity index (χ4n) is 4.90. The summed E-state index contributed by atoms with van der Waals surface area (Å²) in [5, 5.41) is 2.46. The molecule has 3 aliphatic rings. The molecule has 30 heavy (non-hydrogen) atoms. The van der Waals surface area contributed by atoms with Crippen LogP contribution in [0.15, 0.2) is 48.6 Å². The van der Waals surface area contributed by atoms with Gasteiger partial charge in [-0.3, -0.25) is 9.59 Å². The minimum absolute atomic E-state index is 0.106. The van der Waals surface area contributed by atoms with Crippen molar-refractivity contribution >= 4 is 30.7 Å².